The van der Waals surface area contributed by atoms with Gasteiger partial charge in [0.1, 0.15) is 0 Å². The van der Waals surface area contributed by atoms with E-state index in [0.29, 0.717) is 13.1 Å². The quantitative estimate of drug-likeness (QED) is 0.606. The number of nitrogens with one attached hydrogen (secondary N) is 1. The molecule has 0 bridgehead atoms. The first kappa shape index (κ1) is 14.4. The van der Waals surface area contributed by atoms with E-state index in [1.807, 2.05) is 16.8 Å². The lowest BCUT2D eigenvalue weighted by Gasteiger charge is -2.29. The Labute approximate surface area is 103 Å². The lowest BCUT2D eigenvalue weighted by molar-refractivity contribution is -0.136. The Bertz CT molecular complexity index is 228. The number of methoxy groups -OCH3 is 2. The van der Waals surface area contributed by atoms with E-state index in [2.05, 4.69) is 5.32 Å². The summed E-state index contributed by atoms with van der Waals surface area (Å²) in [6, 6.07) is 0. The fraction of sp³-hybridized carbons (Fsp3) is 0.909. The monoisotopic (exact) mass is 245 g/mol. The molecule has 1 heterocycles. The standard InChI is InChI=1S/C11H23N3O3/c1-13(9-11(16-2)17-3)8-10(15)14-6-4-12-5-7-14/h11-12H,4-9H2,1-3H3. The zero-order chi connectivity index (χ0) is 12.7. The van der Waals surface area contributed by atoms with Crippen LogP contribution in [0.25, 0.3) is 0 Å². The molecule has 1 aliphatic heterocycles. The SMILES string of the molecule is COC(CN(C)CC(=O)N1CCNCC1)OC. The first-order valence-electron chi connectivity index (χ1n) is 5.90. The minimum absolute atomic E-state index is 0.167. The smallest absolute Gasteiger partial charge is 0.236 e. The lowest BCUT2D eigenvalue weighted by atomic mass is 10.3. The van der Waals surface area contributed by atoms with E-state index in [1.54, 1.807) is 14.2 Å². The first-order chi connectivity index (χ1) is 8.17. The van der Waals surface area contributed by atoms with Gasteiger partial charge in [0.25, 0.3) is 0 Å². The van der Waals surface area contributed by atoms with Gasteiger partial charge >= 0.3 is 0 Å². The Kier molecular flexibility index (Phi) is 6.43. The molecule has 0 saturated carbocycles. The molecule has 0 spiro atoms. The second-order valence-electron chi connectivity index (χ2n) is 4.23. The van der Waals surface area contributed by atoms with Crippen molar-refractivity contribution >= 4 is 5.91 Å². The highest BCUT2D eigenvalue weighted by molar-refractivity contribution is 5.78. The largest absolute Gasteiger partial charge is 0.355 e. The van der Waals surface area contributed by atoms with Crippen molar-refractivity contribution in [2.24, 2.45) is 0 Å². The highest BCUT2D eigenvalue weighted by Crippen LogP contribution is 1.98. The van der Waals surface area contributed by atoms with Crippen LogP contribution in [0.15, 0.2) is 0 Å². The van der Waals surface area contributed by atoms with Gasteiger partial charge in [-0.2, -0.15) is 0 Å². The average molecular weight is 245 g/mol. The third-order valence-electron chi connectivity index (χ3n) is 2.86. The van der Waals surface area contributed by atoms with E-state index in [0.717, 1.165) is 26.2 Å². The number of rotatable bonds is 6. The van der Waals surface area contributed by atoms with Crippen LogP contribution in [0.5, 0.6) is 0 Å². The number of hydrogen-bond donors (Lipinski definition) is 1. The second kappa shape index (κ2) is 7.60. The lowest BCUT2D eigenvalue weighted by Crippen LogP contribution is -2.49. The molecule has 0 unspecified atom stereocenters. The second-order valence-corrected chi connectivity index (χ2v) is 4.23. The van der Waals surface area contributed by atoms with Gasteiger partial charge in [-0.05, 0) is 7.05 Å². The van der Waals surface area contributed by atoms with Crippen LogP contribution in [0.3, 0.4) is 0 Å². The Balaban J connectivity index is 2.29. The first-order valence-corrected chi connectivity index (χ1v) is 5.90. The van der Waals surface area contributed by atoms with Crippen molar-refractivity contribution < 1.29 is 14.3 Å². The van der Waals surface area contributed by atoms with Crippen molar-refractivity contribution in [3.05, 3.63) is 0 Å². The van der Waals surface area contributed by atoms with Crippen molar-refractivity contribution in [3.8, 4) is 0 Å². The topological polar surface area (TPSA) is 54.0 Å². The van der Waals surface area contributed by atoms with Crippen molar-refractivity contribution in [1.29, 1.82) is 0 Å². The van der Waals surface area contributed by atoms with Crippen molar-refractivity contribution in [3.63, 3.8) is 0 Å². The van der Waals surface area contributed by atoms with Gasteiger partial charge in [-0.3, -0.25) is 9.69 Å². The number of nitrogens with zero attached hydrogens (tertiary/aromatic N) is 2. The molecule has 0 aromatic carbocycles. The molecule has 1 rings (SSSR count). The summed E-state index contributed by atoms with van der Waals surface area (Å²) in [7, 11) is 5.09. The molecule has 0 aliphatic carbocycles. The minimum Gasteiger partial charge on any atom is -0.355 e. The molecule has 0 atom stereocenters. The molecule has 1 amide bonds. The molecule has 1 saturated heterocycles. The van der Waals surface area contributed by atoms with E-state index in [-0.39, 0.29) is 12.2 Å². The zero-order valence-electron chi connectivity index (χ0n) is 10.9. The summed E-state index contributed by atoms with van der Waals surface area (Å²) in [5, 5.41) is 3.23. The van der Waals surface area contributed by atoms with Crippen molar-refractivity contribution in [1.82, 2.24) is 15.1 Å². The average Bonchev–Trinajstić information content (AvgIpc) is 2.37. The zero-order valence-corrected chi connectivity index (χ0v) is 10.9. The number of piperazine rings is 1. The van der Waals surface area contributed by atoms with Gasteiger partial charge in [-0.25, -0.2) is 0 Å². The van der Waals surface area contributed by atoms with E-state index < -0.39 is 0 Å². The molecule has 6 nitrogen and oxygen atoms in total. The van der Waals surface area contributed by atoms with Gasteiger partial charge in [-0.1, -0.05) is 0 Å². The molecule has 17 heavy (non-hydrogen) atoms. The van der Waals surface area contributed by atoms with E-state index >= 15 is 0 Å². The van der Waals surface area contributed by atoms with Gasteiger partial charge < -0.3 is 19.7 Å². The molecule has 1 aliphatic rings. The maximum Gasteiger partial charge on any atom is 0.236 e. The molecule has 0 aromatic rings. The predicted octanol–water partition coefficient (Wildman–Crippen LogP) is -1.03. The molecule has 0 aromatic heterocycles. The maximum absolute atomic E-state index is 11.9. The Morgan fingerprint density at radius 3 is 2.47 bits per heavy atom. The van der Waals surface area contributed by atoms with E-state index in [9.17, 15) is 4.79 Å². The molecule has 1 N–H and O–H groups in total. The van der Waals surface area contributed by atoms with Gasteiger partial charge in [-0.15, -0.1) is 0 Å². The summed E-state index contributed by atoms with van der Waals surface area (Å²) in [6.07, 6.45) is -0.282. The van der Waals surface area contributed by atoms with E-state index in [1.165, 1.54) is 0 Å². The van der Waals surface area contributed by atoms with Crippen LogP contribution in [-0.2, 0) is 14.3 Å². The summed E-state index contributed by atoms with van der Waals surface area (Å²) >= 11 is 0. The summed E-state index contributed by atoms with van der Waals surface area (Å²) in [5.41, 5.74) is 0. The third-order valence-corrected chi connectivity index (χ3v) is 2.86. The number of ether oxygens (including phenoxy) is 2. The van der Waals surface area contributed by atoms with Crippen LogP contribution in [0.4, 0.5) is 0 Å². The van der Waals surface area contributed by atoms with Crippen LogP contribution in [0.2, 0.25) is 0 Å². The number of hydrogen-bond acceptors (Lipinski definition) is 5. The molecule has 0 radical (unpaired) electrons. The number of likely N-dealkylation sites (N-methyl/N-ethyl adjacent to an activating group) is 1. The fourth-order valence-electron chi connectivity index (χ4n) is 1.81. The normalized spacial score (nSPS) is 16.9. The minimum atomic E-state index is -0.282. The van der Waals surface area contributed by atoms with Crippen LogP contribution >= 0.6 is 0 Å². The summed E-state index contributed by atoms with van der Waals surface area (Å²) < 4.78 is 10.2. The summed E-state index contributed by atoms with van der Waals surface area (Å²) in [4.78, 5) is 15.8. The molecular weight excluding hydrogens is 222 g/mol. The number of amides is 1. The van der Waals surface area contributed by atoms with Crippen molar-refractivity contribution in [2.75, 3.05) is 60.5 Å². The third kappa shape index (κ3) is 4.99. The van der Waals surface area contributed by atoms with Crippen LogP contribution in [0, 0.1) is 0 Å². The van der Waals surface area contributed by atoms with Gasteiger partial charge in [0, 0.05) is 46.9 Å². The molecular formula is C11H23N3O3. The van der Waals surface area contributed by atoms with Gasteiger partial charge in [0.2, 0.25) is 5.91 Å². The Morgan fingerprint density at radius 1 is 1.35 bits per heavy atom. The molecule has 6 heteroatoms. The van der Waals surface area contributed by atoms with Crippen LogP contribution < -0.4 is 5.32 Å². The Hall–Kier alpha value is -0.690. The van der Waals surface area contributed by atoms with Gasteiger partial charge in [0.05, 0.1) is 6.54 Å². The highest BCUT2D eigenvalue weighted by atomic mass is 16.7. The number of carbonyl (C=O) groups is 1. The number of carbonyl (C=O) groups excluding carboxylic acids is 1. The van der Waals surface area contributed by atoms with Crippen molar-refractivity contribution in [2.45, 2.75) is 6.29 Å². The molecule has 100 valence electrons. The summed E-state index contributed by atoms with van der Waals surface area (Å²) in [6.45, 7) is 4.35. The predicted molar refractivity (Wildman–Crippen MR) is 64.8 cm³/mol. The summed E-state index contributed by atoms with van der Waals surface area (Å²) in [5.74, 6) is 0.167. The van der Waals surface area contributed by atoms with Crippen LogP contribution in [0.1, 0.15) is 0 Å². The highest BCUT2D eigenvalue weighted by Gasteiger charge is 2.19. The molecule has 1 fully saturated rings. The fourth-order valence-corrected chi connectivity index (χ4v) is 1.81. The maximum atomic E-state index is 11.9. The van der Waals surface area contributed by atoms with E-state index in [4.69, 9.17) is 9.47 Å². The van der Waals surface area contributed by atoms with Gasteiger partial charge in [0.15, 0.2) is 6.29 Å². The van der Waals surface area contributed by atoms with Crippen LogP contribution in [-0.4, -0.2) is 82.5 Å². The Morgan fingerprint density at radius 2 is 1.94 bits per heavy atom.